The lowest BCUT2D eigenvalue weighted by atomic mass is 9.92. The maximum absolute atomic E-state index is 13.5. The highest BCUT2D eigenvalue weighted by Crippen LogP contribution is 2.19. The normalized spacial score (nSPS) is 25.2. The van der Waals surface area contributed by atoms with Crippen molar-refractivity contribution in [1.29, 1.82) is 0 Å². The Morgan fingerprint density at radius 3 is 2.44 bits per heavy atom. The number of nitrogens with zero attached hydrogens (tertiary/aromatic N) is 1. The summed E-state index contributed by atoms with van der Waals surface area (Å²) in [4.78, 5) is 54.0. The standard InChI is InChI=1S/C28H42N4O7/c1-18(2)14-24-28(37)32(12-13-38-3)16-25(34)30-23(27(36)29-20-6-8-21(33)9-7-20)15-19-4-10-22(11-5-19)39-17-26(35)31-24/h4-5,10-11,18,20-21,23-24,33H,6-9,12-17H2,1-3H3,(H,29,36)(H,30,34)(H,31,35)/t20?,21?,23-,24+/m1/s1. The van der Waals surface area contributed by atoms with Gasteiger partial charge in [0.25, 0.3) is 5.91 Å². The van der Waals surface area contributed by atoms with Crippen LogP contribution in [-0.4, -0.2) is 91.3 Å². The van der Waals surface area contributed by atoms with Crippen molar-refractivity contribution in [3.05, 3.63) is 29.8 Å². The fourth-order valence-electron chi connectivity index (χ4n) is 4.87. The van der Waals surface area contributed by atoms with Crippen molar-refractivity contribution >= 4 is 23.6 Å². The largest absolute Gasteiger partial charge is 0.484 e. The molecule has 0 saturated heterocycles. The molecule has 1 fully saturated rings. The maximum Gasteiger partial charge on any atom is 0.258 e. The van der Waals surface area contributed by atoms with E-state index in [9.17, 15) is 24.3 Å². The van der Waals surface area contributed by atoms with E-state index in [1.807, 2.05) is 13.8 Å². The highest BCUT2D eigenvalue weighted by atomic mass is 16.5. The van der Waals surface area contributed by atoms with Gasteiger partial charge in [0, 0.05) is 26.1 Å². The number of carbonyl (C=O) groups excluding carboxylic acids is 4. The van der Waals surface area contributed by atoms with E-state index in [1.54, 1.807) is 24.3 Å². The van der Waals surface area contributed by atoms with Crippen molar-refractivity contribution in [2.45, 2.75) is 76.6 Å². The zero-order chi connectivity index (χ0) is 28.4. The number of methoxy groups -OCH3 is 1. The molecule has 3 aliphatic rings. The van der Waals surface area contributed by atoms with Crippen LogP contribution in [0.2, 0.25) is 0 Å². The number of ether oxygens (including phenoxy) is 2. The fourth-order valence-corrected chi connectivity index (χ4v) is 4.87. The number of aliphatic hydroxyl groups excluding tert-OH is 1. The predicted molar refractivity (Wildman–Crippen MR) is 144 cm³/mol. The van der Waals surface area contributed by atoms with Gasteiger partial charge in [-0.15, -0.1) is 0 Å². The predicted octanol–water partition coefficient (Wildman–Crippen LogP) is 0.532. The summed E-state index contributed by atoms with van der Waals surface area (Å²) in [5.74, 6) is -1.06. The molecule has 0 spiro atoms. The Labute approximate surface area is 230 Å². The minimum atomic E-state index is -0.866. The summed E-state index contributed by atoms with van der Waals surface area (Å²) in [5, 5.41) is 18.4. The average molecular weight is 547 g/mol. The molecule has 2 heterocycles. The zero-order valence-corrected chi connectivity index (χ0v) is 23.1. The van der Waals surface area contributed by atoms with Gasteiger partial charge in [-0.05, 0) is 55.7 Å². The van der Waals surface area contributed by atoms with Gasteiger partial charge in [-0.1, -0.05) is 26.0 Å². The number of hydrogen-bond acceptors (Lipinski definition) is 7. The van der Waals surface area contributed by atoms with Crippen LogP contribution in [0.5, 0.6) is 5.75 Å². The zero-order valence-electron chi connectivity index (χ0n) is 23.1. The monoisotopic (exact) mass is 546 g/mol. The molecule has 1 saturated carbocycles. The first-order valence-corrected chi connectivity index (χ1v) is 13.7. The van der Waals surface area contributed by atoms with Gasteiger partial charge in [0.2, 0.25) is 17.7 Å². The number of rotatable bonds is 7. The van der Waals surface area contributed by atoms with Gasteiger partial charge in [-0.25, -0.2) is 0 Å². The van der Waals surface area contributed by atoms with Gasteiger partial charge in [-0.3, -0.25) is 19.2 Å². The van der Waals surface area contributed by atoms with Crippen LogP contribution in [-0.2, 0) is 30.3 Å². The van der Waals surface area contributed by atoms with Crippen LogP contribution in [0.1, 0.15) is 51.5 Å². The van der Waals surface area contributed by atoms with Crippen LogP contribution >= 0.6 is 0 Å². The highest BCUT2D eigenvalue weighted by molar-refractivity contribution is 5.93. The highest BCUT2D eigenvalue weighted by Gasteiger charge is 2.31. The Kier molecular flexibility index (Phi) is 11.5. The number of aliphatic hydroxyl groups is 1. The van der Waals surface area contributed by atoms with Crippen LogP contribution in [0.3, 0.4) is 0 Å². The van der Waals surface area contributed by atoms with Crippen LogP contribution in [0.25, 0.3) is 0 Å². The summed E-state index contributed by atoms with van der Waals surface area (Å²) in [5.41, 5.74) is 0.794. The number of carbonyl (C=O) groups is 4. The third kappa shape index (κ3) is 9.81. The Balaban J connectivity index is 1.85. The van der Waals surface area contributed by atoms with Gasteiger partial charge >= 0.3 is 0 Å². The van der Waals surface area contributed by atoms with E-state index in [0.29, 0.717) is 37.9 Å². The van der Waals surface area contributed by atoms with Crippen molar-refractivity contribution in [2.24, 2.45) is 5.92 Å². The lowest BCUT2D eigenvalue weighted by Gasteiger charge is -2.30. The molecule has 2 bridgehead atoms. The van der Waals surface area contributed by atoms with E-state index >= 15 is 0 Å². The first-order chi connectivity index (χ1) is 18.6. The summed E-state index contributed by atoms with van der Waals surface area (Å²) in [7, 11) is 1.50. The summed E-state index contributed by atoms with van der Waals surface area (Å²) < 4.78 is 10.8. The van der Waals surface area contributed by atoms with Crippen LogP contribution in [0.4, 0.5) is 0 Å². The second kappa shape index (κ2) is 14.8. The molecule has 1 aliphatic carbocycles. The molecule has 1 aromatic rings. The van der Waals surface area contributed by atoms with E-state index in [0.717, 1.165) is 5.56 Å². The maximum atomic E-state index is 13.5. The molecule has 11 heteroatoms. The summed E-state index contributed by atoms with van der Waals surface area (Å²) >= 11 is 0. The van der Waals surface area contributed by atoms with E-state index in [-0.39, 0.29) is 56.7 Å². The van der Waals surface area contributed by atoms with Crippen LogP contribution < -0.4 is 20.7 Å². The minimum Gasteiger partial charge on any atom is -0.484 e. The smallest absolute Gasteiger partial charge is 0.258 e. The van der Waals surface area contributed by atoms with Gasteiger partial charge in [0.15, 0.2) is 6.61 Å². The summed E-state index contributed by atoms with van der Waals surface area (Å²) in [6.45, 7) is 3.68. The Hall–Kier alpha value is -3.18. The van der Waals surface area contributed by atoms with Crippen molar-refractivity contribution < 1.29 is 33.8 Å². The number of fused-ring (bicyclic) bond motifs is 13. The molecule has 0 radical (unpaired) electrons. The summed E-state index contributed by atoms with van der Waals surface area (Å²) in [6.07, 6.45) is 2.84. The second-order valence-electron chi connectivity index (χ2n) is 10.8. The minimum absolute atomic E-state index is 0.0749. The third-order valence-electron chi connectivity index (χ3n) is 6.98. The van der Waals surface area contributed by atoms with E-state index in [1.165, 1.54) is 12.0 Å². The third-order valence-corrected chi connectivity index (χ3v) is 6.98. The molecule has 4 N–H and O–H groups in total. The molecule has 0 unspecified atom stereocenters. The molecule has 39 heavy (non-hydrogen) atoms. The number of nitrogens with one attached hydrogen (secondary N) is 3. The number of benzene rings is 1. The topological polar surface area (TPSA) is 146 Å². The Bertz CT molecular complexity index is 977. The average Bonchev–Trinajstić information content (AvgIpc) is 2.90. The SMILES string of the molecule is COCCN1CC(=O)N[C@@H](C(=O)NC2CCC(O)CC2)Cc2ccc(cc2)OCC(=O)N[C@@H](CC(C)C)C1=O. The molecule has 216 valence electrons. The van der Waals surface area contributed by atoms with Gasteiger partial charge in [0.1, 0.15) is 17.8 Å². The molecule has 0 aromatic heterocycles. The summed E-state index contributed by atoms with van der Waals surface area (Å²) in [6, 6.07) is 5.20. The van der Waals surface area contributed by atoms with Crippen molar-refractivity contribution in [3.63, 3.8) is 0 Å². The fraction of sp³-hybridized carbons (Fsp3) is 0.643. The van der Waals surface area contributed by atoms with E-state index in [2.05, 4.69) is 16.0 Å². The molecule has 11 nitrogen and oxygen atoms in total. The molecular weight excluding hydrogens is 504 g/mol. The van der Waals surface area contributed by atoms with Crippen molar-refractivity contribution in [1.82, 2.24) is 20.9 Å². The molecule has 2 aliphatic heterocycles. The molecular formula is C28H42N4O7. The van der Waals surface area contributed by atoms with Gasteiger partial charge in [-0.2, -0.15) is 0 Å². The van der Waals surface area contributed by atoms with Gasteiger partial charge < -0.3 is 35.4 Å². The Morgan fingerprint density at radius 2 is 1.79 bits per heavy atom. The first kappa shape index (κ1) is 30.4. The van der Waals surface area contributed by atoms with Crippen molar-refractivity contribution in [3.8, 4) is 5.75 Å². The van der Waals surface area contributed by atoms with E-state index < -0.39 is 29.8 Å². The lowest BCUT2D eigenvalue weighted by molar-refractivity contribution is -0.141. The van der Waals surface area contributed by atoms with Crippen LogP contribution in [0.15, 0.2) is 24.3 Å². The van der Waals surface area contributed by atoms with Crippen LogP contribution in [0, 0.1) is 5.92 Å². The molecule has 2 atom stereocenters. The molecule has 4 rings (SSSR count). The van der Waals surface area contributed by atoms with Crippen molar-refractivity contribution in [2.75, 3.05) is 33.4 Å². The van der Waals surface area contributed by atoms with E-state index in [4.69, 9.17) is 9.47 Å². The number of hydrogen-bond donors (Lipinski definition) is 4. The quantitative estimate of drug-likeness (QED) is 0.365. The molecule has 1 aromatic carbocycles. The molecule has 4 amide bonds. The van der Waals surface area contributed by atoms with Gasteiger partial charge in [0.05, 0.1) is 19.3 Å². The lowest BCUT2D eigenvalue weighted by Crippen LogP contribution is -2.56. The number of amides is 4. The first-order valence-electron chi connectivity index (χ1n) is 13.7. The Morgan fingerprint density at radius 1 is 1.10 bits per heavy atom. The second-order valence-corrected chi connectivity index (χ2v) is 10.8.